The molecule has 0 fully saturated rings. The number of ether oxygens (including phenoxy) is 1. The van der Waals surface area contributed by atoms with E-state index in [1.807, 2.05) is 0 Å². The molecule has 1 atom stereocenters. The normalized spacial score (nSPS) is 21.3. The summed E-state index contributed by atoms with van der Waals surface area (Å²) in [6, 6.07) is 4.41. The molecular formula is C11H15NO. The molecule has 1 aromatic rings. The van der Waals surface area contributed by atoms with Crippen molar-refractivity contribution in [3.63, 3.8) is 0 Å². The van der Waals surface area contributed by atoms with E-state index in [1.54, 1.807) is 0 Å². The van der Waals surface area contributed by atoms with Crippen LogP contribution in [0, 0.1) is 13.8 Å². The van der Waals surface area contributed by atoms with Crippen molar-refractivity contribution in [1.82, 2.24) is 0 Å². The lowest BCUT2D eigenvalue weighted by Gasteiger charge is -2.24. The zero-order chi connectivity index (χ0) is 9.42. The molecule has 0 bridgehead atoms. The maximum atomic E-state index is 5.96. The molecule has 0 aliphatic carbocycles. The minimum Gasteiger partial charge on any atom is -0.375 e. The summed E-state index contributed by atoms with van der Waals surface area (Å²) < 4.78 is 5.40. The Hall–Kier alpha value is -0.860. The molecule has 1 aliphatic rings. The van der Waals surface area contributed by atoms with Gasteiger partial charge in [0.05, 0.1) is 19.3 Å². The highest BCUT2D eigenvalue weighted by molar-refractivity contribution is 5.40. The Labute approximate surface area is 78.7 Å². The monoisotopic (exact) mass is 177 g/mol. The summed E-state index contributed by atoms with van der Waals surface area (Å²) in [5.74, 6) is 0. The Morgan fingerprint density at radius 2 is 2.15 bits per heavy atom. The third-order valence-electron chi connectivity index (χ3n) is 2.60. The van der Waals surface area contributed by atoms with Crippen molar-refractivity contribution in [3.05, 3.63) is 34.4 Å². The first-order valence-corrected chi connectivity index (χ1v) is 4.62. The van der Waals surface area contributed by atoms with Gasteiger partial charge in [0.1, 0.15) is 0 Å². The van der Waals surface area contributed by atoms with E-state index in [0.29, 0.717) is 6.61 Å². The number of benzene rings is 1. The van der Waals surface area contributed by atoms with Gasteiger partial charge in [-0.15, -0.1) is 0 Å². The van der Waals surface area contributed by atoms with Gasteiger partial charge >= 0.3 is 0 Å². The van der Waals surface area contributed by atoms with E-state index in [2.05, 4.69) is 26.0 Å². The second kappa shape index (κ2) is 3.13. The third-order valence-corrected chi connectivity index (χ3v) is 2.60. The summed E-state index contributed by atoms with van der Waals surface area (Å²) in [7, 11) is 0. The van der Waals surface area contributed by atoms with Crippen LogP contribution in [0.2, 0.25) is 0 Å². The van der Waals surface area contributed by atoms with Gasteiger partial charge in [-0.05, 0) is 30.5 Å². The van der Waals surface area contributed by atoms with Gasteiger partial charge in [0.25, 0.3) is 0 Å². The van der Waals surface area contributed by atoms with Crippen molar-refractivity contribution >= 4 is 0 Å². The standard InChI is InChI=1S/C11H15NO/c1-7-3-8(2)10-5-13-6-11(12)9(10)4-7/h3-4,11H,5-6,12H2,1-2H3. The highest BCUT2D eigenvalue weighted by atomic mass is 16.5. The molecule has 0 amide bonds. The highest BCUT2D eigenvalue weighted by Crippen LogP contribution is 2.26. The largest absolute Gasteiger partial charge is 0.375 e. The molecule has 0 radical (unpaired) electrons. The molecular weight excluding hydrogens is 162 g/mol. The average Bonchev–Trinajstić information content (AvgIpc) is 2.07. The van der Waals surface area contributed by atoms with Crippen LogP contribution in [0.1, 0.15) is 28.3 Å². The van der Waals surface area contributed by atoms with Crippen LogP contribution < -0.4 is 5.73 Å². The molecule has 13 heavy (non-hydrogen) atoms. The van der Waals surface area contributed by atoms with Crippen LogP contribution in [0.3, 0.4) is 0 Å². The van der Waals surface area contributed by atoms with E-state index in [0.717, 1.165) is 6.61 Å². The molecule has 70 valence electrons. The number of hydrogen-bond acceptors (Lipinski definition) is 2. The third kappa shape index (κ3) is 1.47. The van der Waals surface area contributed by atoms with Crippen LogP contribution >= 0.6 is 0 Å². The molecule has 2 N–H and O–H groups in total. The maximum Gasteiger partial charge on any atom is 0.0723 e. The van der Waals surface area contributed by atoms with Gasteiger partial charge in [-0.3, -0.25) is 0 Å². The number of hydrogen-bond donors (Lipinski definition) is 1. The van der Waals surface area contributed by atoms with E-state index in [1.165, 1.54) is 22.3 Å². The van der Waals surface area contributed by atoms with Crippen molar-refractivity contribution in [2.24, 2.45) is 5.73 Å². The number of nitrogens with two attached hydrogens (primary N) is 1. The fourth-order valence-corrected chi connectivity index (χ4v) is 1.94. The highest BCUT2D eigenvalue weighted by Gasteiger charge is 2.18. The van der Waals surface area contributed by atoms with Gasteiger partial charge < -0.3 is 10.5 Å². The number of fused-ring (bicyclic) bond motifs is 1. The number of rotatable bonds is 0. The van der Waals surface area contributed by atoms with Gasteiger partial charge in [0.15, 0.2) is 0 Å². The summed E-state index contributed by atoms with van der Waals surface area (Å²) in [6.45, 7) is 5.59. The molecule has 0 saturated heterocycles. The minimum atomic E-state index is 0.0577. The molecule has 1 aromatic carbocycles. The Kier molecular flexibility index (Phi) is 2.10. The lowest BCUT2D eigenvalue weighted by atomic mass is 9.93. The van der Waals surface area contributed by atoms with Crippen molar-refractivity contribution in [2.75, 3.05) is 6.61 Å². The van der Waals surface area contributed by atoms with Gasteiger partial charge in [-0.25, -0.2) is 0 Å². The maximum absolute atomic E-state index is 5.96. The molecule has 0 saturated carbocycles. The Morgan fingerprint density at radius 1 is 1.38 bits per heavy atom. The quantitative estimate of drug-likeness (QED) is 0.656. The fourth-order valence-electron chi connectivity index (χ4n) is 1.94. The smallest absolute Gasteiger partial charge is 0.0723 e. The second-order valence-electron chi connectivity index (χ2n) is 3.77. The molecule has 1 unspecified atom stereocenters. The van der Waals surface area contributed by atoms with Crippen LogP contribution in [0.25, 0.3) is 0 Å². The van der Waals surface area contributed by atoms with Crippen LogP contribution in [0.5, 0.6) is 0 Å². The first-order chi connectivity index (χ1) is 6.18. The van der Waals surface area contributed by atoms with Gasteiger partial charge in [0.2, 0.25) is 0 Å². The van der Waals surface area contributed by atoms with Crippen molar-refractivity contribution < 1.29 is 4.74 Å². The van der Waals surface area contributed by atoms with E-state index >= 15 is 0 Å². The lowest BCUT2D eigenvalue weighted by Crippen LogP contribution is -2.24. The number of aryl methyl sites for hydroxylation is 2. The van der Waals surface area contributed by atoms with Crippen LogP contribution in [0.4, 0.5) is 0 Å². The van der Waals surface area contributed by atoms with Gasteiger partial charge in [0, 0.05) is 0 Å². The van der Waals surface area contributed by atoms with Crippen molar-refractivity contribution in [3.8, 4) is 0 Å². The topological polar surface area (TPSA) is 35.2 Å². The van der Waals surface area contributed by atoms with Crippen LogP contribution in [0.15, 0.2) is 12.1 Å². The Bertz CT molecular complexity index is 333. The first-order valence-electron chi connectivity index (χ1n) is 4.62. The van der Waals surface area contributed by atoms with Gasteiger partial charge in [-0.2, -0.15) is 0 Å². The Morgan fingerprint density at radius 3 is 2.92 bits per heavy atom. The summed E-state index contributed by atoms with van der Waals surface area (Å²) in [6.07, 6.45) is 0. The lowest BCUT2D eigenvalue weighted by molar-refractivity contribution is 0.0919. The summed E-state index contributed by atoms with van der Waals surface area (Å²) >= 11 is 0. The van der Waals surface area contributed by atoms with Crippen LogP contribution in [-0.2, 0) is 11.3 Å². The predicted octanol–water partition coefficient (Wildman–Crippen LogP) is 1.83. The van der Waals surface area contributed by atoms with E-state index < -0.39 is 0 Å². The van der Waals surface area contributed by atoms with Gasteiger partial charge in [-0.1, -0.05) is 17.7 Å². The summed E-state index contributed by atoms with van der Waals surface area (Å²) in [5.41, 5.74) is 11.1. The van der Waals surface area contributed by atoms with Crippen molar-refractivity contribution in [2.45, 2.75) is 26.5 Å². The van der Waals surface area contributed by atoms with Crippen LogP contribution in [-0.4, -0.2) is 6.61 Å². The first kappa shape index (κ1) is 8.73. The SMILES string of the molecule is Cc1cc(C)c2c(c1)C(N)COC2. The molecule has 1 heterocycles. The molecule has 2 heteroatoms. The van der Waals surface area contributed by atoms with E-state index in [-0.39, 0.29) is 6.04 Å². The zero-order valence-corrected chi connectivity index (χ0v) is 8.13. The molecule has 0 aromatic heterocycles. The average molecular weight is 177 g/mol. The summed E-state index contributed by atoms with van der Waals surface area (Å²) in [4.78, 5) is 0. The molecule has 2 rings (SSSR count). The molecule has 1 aliphatic heterocycles. The minimum absolute atomic E-state index is 0.0577. The fraction of sp³-hybridized carbons (Fsp3) is 0.455. The molecule has 2 nitrogen and oxygen atoms in total. The second-order valence-corrected chi connectivity index (χ2v) is 3.77. The van der Waals surface area contributed by atoms with E-state index in [9.17, 15) is 0 Å². The van der Waals surface area contributed by atoms with E-state index in [4.69, 9.17) is 10.5 Å². The predicted molar refractivity (Wildman–Crippen MR) is 52.5 cm³/mol. The summed E-state index contributed by atoms with van der Waals surface area (Å²) in [5, 5.41) is 0. The Balaban J connectivity index is 2.56. The zero-order valence-electron chi connectivity index (χ0n) is 8.13. The van der Waals surface area contributed by atoms with Crippen molar-refractivity contribution in [1.29, 1.82) is 0 Å². The molecule has 0 spiro atoms.